The van der Waals surface area contributed by atoms with Crippen molar-refractivity contribution >= 4 is 17.2 Å². The van der Waals surface area contributed by atoms with E-state index in [0.29, 0.717) is 18.0 Å². The fourth-order valence-corrected chi connectivity index (χ4v) is 2.68. The van der Waals surface area contributed by atoms with Gasteiger partial charge >= 0.3 is 0 Å². The molecular formula is C13H14N2O3S. The van der Waals surface area contributed by atoms with E-state index in [9.17, 15) is 4.79 Å². The minimum Gasteiger partial charge on any atom is -0.395 e. The van der Waals surface area contributed by atoms with Gasteiger partial charge in [-0.15, -0.1) is 11.3 Å². The second kappa shape index (κ2) is 5.14. The zero-order valence-electron chi connectivity index (χ0n) is 10.3. The molecule has 3 rings (SSSR count). The van der Waals surface area contributed by atoms with Crippen LogP contribution >= 0.6 is 11.3 Å². The lowest BCUT2D eigenvalue weighted by atomic mass is 10.3. The van der Waals surface area contributed by atoms with Crippen molar-refractivity contribution in [2.24, 2.45) is 0 Å². The molecule has 0 bridgehead atoms. The topological polar surface area (TPSA) is 66.6 Å². The van der Waals surface area contributed by atoms with Crippen molar-refractivity contribution in [3.8, 4) is 10.6 Å². The molecule has 1 aliphatic rings. The molecule has 1 saturated carbocycles. The molecule has 0 radical (unpaired) electrons. The van der Waals surface area contributed by atoms with Crippen molar-refractivity contribution in [2.75, 3.05) is 13.2 Å². The van der Waals surface area contributed by atoms with E-state index in [1.54, 1.807) is 11.0 Å². The summed E-state index contributed by atoms with van der Waals surface area (Å²) >= 11 is 1.54. The highest BCUT2D eigenvalue weighted by atomic mass is 32.1. The summed E-state index contributed by atoms with van der Waals surface area (Å²) in [5.41, 5.74) is 0.309. The third-order valence-corrected chi connectivity index (χ3v) is 3.97. The second-order valence-corrected chi connectivity index (χ2v) is 5.45. The van der Waals surface area contributed by atoms with Crippen molar-refractivity contribution in [2.45, 2.75) is 18.9 Å². The Labute approximate surface area is 114 Å². The summed E-state index contributed by atoms with van der Waals surface area (Å²) in [7, 11) is 0. The van der Waals surface area contributed by atoms with Crippen LogP contribution in [0.3, 0.4) is 0 Å². The van der Waals surface area contributed by atoms with Gasteiger partial charge in [-0.2, -0.15) is 0 Å². The first kappa shape index (κ1) is 12.4. The fraction of sp³-hybridized carbons (Fsp3) is 0.385. The number of rotatable bonds is 5. The summed E-state index contributed by atoms with van der Waals surface area (Å²) in [6, 6.07) is 5.76. The molecule has 6 heteroatoms. The number of hydrogen-bond acceptors (Lipinski definition) is 5. The number of hydrogen-bond donors (Lipinski definition) is 1. The van der Waals surface area contributed by atoms with Crippen LogP contribution in [0.25, 0.3) is 10.6 Å². The molecule has 2 aromatic rings. The minimum atomic E-state index is -0.164. The van der Waals surface area contributed by atoms with Crippen LogP contribution in [0, 0.1) is 0 Å². The largest absolute Gasteiger partial charge is 0.395 e. The number of carbonyl (C=O) groups is 1. The van der Waals surface area contributed by atoms with Gasteiger partial charge in [0.1, 0.15) is 0 Å². The van der Waals surface area contributed by atoms with Gasteiger partial charge in [0, 0.05) is 18.7 Å². The third-order valence-electron chi connectivity index (χ3n) is 3.08. The lowest BCUT2D eigenvalue weighted by Crippen LogP contribution is -2.35. The Morgan fingerprint density at radius 2 is 2.42 bits per heavy atom. The van der Waals surface area contributed by atoms with E-state index in [1.807, 2.05) is 17.5 Å². The van der Waals surface area contributed by atoms with E-state index < -0.39 is 0 Å². The molecule has 2 aromatic heterocycles. The van der Waals surface area contributed by atoms with Gasteiger partial charge < -0.3 is 14.5 Å². The standard InChI is InChI=1S/C13H14N2O3S/c16-6-5-15(9-3-4-9)13(17)10-8-11(18-14-10)12-2-1-7-19-12/h1-2,7-9,16H,3-6H2. The van der Waals surface area contributed by atoms with Gasteiger partial charge in [-0.25, -0.2) is 0 Å². The summed E-state index contributed by atoms with van der Waals surface area (Å²) in [4.78, 5) is 14.9. The quantitative estimate of drug-likeness (QED) is 0.908. The molecule has 0 aromatic carbocycles. The molecule has 0 unspecified atom stereocenters. The molecule has 0 aliphatic heterocycles. The maximum Gasteiger partial charge on any atom is 0.276 e. The maximum absolute atomic E-state index is 12.3. The van der Waals surface area contributed by atoms with Crippen molar-refractivity contribution in [3.05, 3.63) is 29.3 Å². The Balaban J connectivity index is 1.79. The normalized spacial score (nSPS) is 14.6. The highest BCUT2D eigenvalue weighted by molar-refractivity contribution is 7.13. The SMILES string of the molecule is O=C(c1cc(-c2cccs2)on1)N(CCO)C1CC1. The Morgan fingerprint density at radius 3 is 3.05 bits per heavy atom. The van der Waals surface area contributed by atoms with Crippen LogP contribution in [-0.2, 0) is 0 Å². The van der Waals surface area contributed by atoms with Crippen LogP contribution in [-0.4, -0.2) is 40.3 Å². The van der Waals surface area contributed by atoms with Crippen LogP contribution in [0.5, 0.6) is 0 Å². The smallest absolute Gasteiger partial charge is 0.276 e. The molecule has 0 atom stereocenters. The first-order chi connectivity index (χ1) is 9.29. The van der Waals surface area contributed by atoms with Crippen molar-refractivity contribution in [1.82, 2.24) is 10.1 Å². The average Bonchev–Trinajstić information content (AvgIpc) is 2.95. The number of aliphatic hydroxyl groups is 1. The number of aromatic nitrogens is 1. The lowest BCUT2D eigenvalue weighted by molar-refractivity contribution is 0.0697. The minimum absolute atomic E-state index is 0.0299. The average molecular weight is 278 g/mol. The van der Waals surface area contributed by atoms with Crippen molar-refractivity contribution in [1.29, 1.82) is 0 Å². The second-order valence-electron chi connectivity index (χ2n) is 4.51. The molecule has 0 saturated heterocycles. The molecule has 1 fully saturated rings. The zero-order chi connectivity index (χ0) is 13.2. The molecular weight excluding hydrogens is 264 g/mol. The van der Waals surface area contributed by atoms with Crippen LogP contribution in [0.1, 0.15) is 23.3 Å². The first-order valence-electron chi connectivity index (χ1n) is 6.22. The summed E-state index contributed by atoms with van der Waals surface area (Å²) in [6.45, 7) is 0.322. The van der Waals surface area contributed by atoms with Crippen LogP contribution in [0.4, 0.5) is 0 Å². The van der Waals surface area contributed by atoms with Gasteiger partial charge in [0.05, 0.1) is 11.5 Å². The predicted molar refractivity (Wildman–Crippen MR) is 71.0 cm³/mol. The molecule has 100 valence electrons. The highest BCUT2D eigenvalue weighted by Gasteiger charge is 2.33. The highest BCUT2D eigenvalue weighted by Crippen LogP contribution is 2.29. The number of amides is 1. The van der Waals surface area contributed by atoms with E-state index >= 15 is 0 Å². The van der Waals surface area contributed by atoms with Crippen LogP contribution in [0.15, 0.2) is 28.1 Å². The van der Waals surface area contributed by atoms with Crippen LogP contribution in [0.2, 0.25) is 0 Å². The molecule has 1 amide bonds. The number of carbonyl (C=O) groups excluding carboxylic acids is 1. The molecule has 1 N–H and O–H groups in total. The predicted octanol–water partition coefficient (Wildman–Crippen LogP) is 2.00. The Morgan fingerprint density at radius 1 is 1.58 bits per heavy atom. The van der Waals surface area contributed by atoms with Crippen LogP contribution < -0.4 is 0 Å². The van der Waals surface area contributed by atoms with Gasteiger partial charge in [0.15, 0.2) is 11.5 Å². The van der Waals surface area contributed by atoms with Crippen molar-refractivity contribution in [3.63, 3.8) is 0 Å². The maximum atomic E-state index is 12.3. The van der Waals surface area contributed by atoms with E-state index in [-0.39, 0.29) is 18.6 Å². The van der Waals surface area contributed by atoms with E-state index in [2.05, 4.69) is 5.16 Å². The molecule has 0 spiro atoms. The summed E-state index contributed by atoms with van der Waals surface area (Å²) < 4.78 is 5.21. The lowest BCUT2D eigenvalue weighted by Gasteiger charge is -2.19. The van der Waals surface area contributed by atoms with Gasteiger partial charge in [-0.3, -0.25) is 4.79 Å². The Hall–Kier alpha value is -1.66. The first-order valence-corrected chi connectivity index (χ1v) is 7.10. The molecule has 5 nitrogen and oxygen atoms in total. The van der Waals surface area contributed by atoms with E-state index in [4.69, 9.17) is 9.63 Å². The Bertz CT molecular complexity index is 560. The Kier molecular flexibility index (Phi) is 3.35. The molecule has 1 aliphatic carbocycles. The van der Waals surface area contributed by atoms with Gasteiger partial charge in [-0.05, 0) is 24.3 Å². The third kappa shape index (κ3) is 2.54. The van der Waals surface area contributed by atoms with E-state index in [1.165, 1.54) is 11.3 Å². The monoisotopic (exact) mass is 278 g/mol. The van der Waals surface area contributed by atoms with Gasteiger partial charge in [-0.1, -0.05) is 11.2 Å². The molecule has 19 heavy (non-hydrogen) atoms. The summed E-state index contributed by atoms with van der Waals surface area (Å²) in [6.07, 6.45) is 2.00. The number of nitrogens with zero attached hydrogens (tertiary/aromatic N) is 2. The number of aliphatic hydroxyl groups excluding tert-OH is 1. The number of thiophene rings is 1. The zero-order valence-corrected chi connectivity index (χ0v) is 11.1. The summed E-state index contributed by atoms with van der Waals surface area (Å²) in [5.74, 6) is 0.446. The summed E-state index contributed by atoms with van der Waals surface area (Å²) in [5, 5.41) is 14.8. The molecule has 2 heterocycles. The van der Waals surface area contributed by atoms with Crippen molar-refractivity contribution < 1.29 is 14.4 Å². The fourth-order valence-electron chi connectivity index (χ4n) is 2.00. The van der Waals surface area contributed by atoms with E-state index in [0.717, 1.165) is 17.7 Å². The van der Waals surface area contributed by atoms with Gasteiger partial charge in [0.25, 0.3) is 5.91 Å². The van der Waals surface area contributed by atoms with Gasteiger partial charge in [0.2, 0.25) is 0 Å².